The maximum Gasteiger partial charge on any atom is 0.275 e. The molecule has 0 spiro atoms. The average Bonchev–Trinajstić information content (AvgIpc) is 3.25. The van der Waals surface area contributed by atoms with E-state index in [9.17, 15) is 4.79 Å². The molecule has 1 N–H and O–H groups in total. The van der Waals surface area contributed by atoms with E-state index in [1.165, 1.54) is 10.7 Å². The minimum Gasteiger partial charge on any atom is -0.305 e. The van der Waals surface area contributed by atoms with Gasteiger partial charge >= 0.3 is 0 Å². The minimum absolute atomic E-state index is 0.321. The zero-order chi connectivity index (χ0) is 17.6. The molecular weight excluding hydrogens is 322 g/mol. The first kappa shape index (κ1) is 15.0. The van der Waals surface area contributed by atoms with Crippen LogP contribution >= 0.6 is 0 Å². The fraction of sp³-hybridized carbons (Fsp3) is 0.200. The van der Waals surface area contributed by atoms with Gasteiger partial charge in [0, 0.05) is 38.1 Å². The molecule has 0 radical (unpaired) electrons. The normalized spacial score (nSPS) is 11.2. The molecular formula is C15H15N9O. The van der Waals surface area contributed by atoms with Crippen molar-refractivity contribution in [2.45, 2.75) is 6.92 Å². The molecule has 0 unspecified atom stereocenters. The van der Waals surface area contributed by atoms with Crippen molar-refractivity contribution < 1.29 is 4.79 Å². The predicted molar refractivity (Wildman–Crippen MR) is 88.9 cm³/mol. The van der Waals surface area contributed by atoms with Crippen molar-refractivity contribution in [3.8, 4) is 11.3 Å². The summed E-state index contributed by atoms with van der Waals surface area (Å²) in [6.45, 7) is 1.75. The van der Waals surface area contributed by atoms with Crippen molar-refractivity contribution in [3.63, 3.8) is 0 Å². The topological polar surface area (TPSA) is 108 Å². The Morgan fingerprint density at radius 1 is 1.24 bits per heavy atom. The number of fused-ring (bicyclic) bond motifs is 1. The maximum atomic E-state index is 12.7. The van der Waals surface area contributed by atoms with Gasteiger partial charge < -0.3 is 5.32 Å². The third kappa shape index (κ3) is 2.63. The molecule has 0 aliphatic heterocycles. The van der Waals surface area contributed by atoms with Gasteiger partial charge in [0.2, 0.25) is 0 Å². The summed E-state index contributed by atoms with van der Waals surface area (Å²) < 4.78 is 4.72. The number of hydrogen-bond acceptors (Lipinski definition) is 6. The Labute approximate surface area is 142 Å². The molecule has 0 atom stereocenters. The molecule has 0 aromatic carbocycles. The zero-order valence-electron chi connectivity index (χ0n) is 13.9. The summed E-state index contributed by atoms with van der Waals surface area (Å²) in [7, 11) is 3.60. The largest absolute Gasteiger partial charge is 0.305 e. The number of amides is 1. The van der Waals surface area contributed by atoms with Crippen LogP contribution in [-0.2, 0) is 14.1 Å². The smallest absolute Gasteiger partial charge is 0.275 e. The third-order valence-electron chi connectivity index (χ3n) is 3.70. The number of nitrogens with one attached hydrogen (secondary N) is 1. The Morgan fingerprint density at radius 3 is 2.84 bits per heavy atom. The highest BCUT2D eigenvalue weighted by Gasteiger charge is 2.16. The molecule has 25 heavy (non-hydrogen) atoms. The van der Waals surface area contributed by atoms with Gasteiger partial charge in [-0.05, 0) is 13.0 Å². The summed E-state index contributed by atoms with van der Waals surface area (Å²) >= 11 is 0. The van der Waals surface area contributed by atoms with Crippen molar-refractivity contribution in [2.24, 2.45) is 14.1 Å². The lowest BCUT2D eigenvalue weighted by Gasteiger charge is -2.05. The number of rotatable bonds is 3. The van der Waals surface area contributed by atoms with Crippen LogP contribution in [0.15, 0.2) is 30.7 Å². The van der Waals surface area contributed by atoms with E-state index in [-0.39, 0.29) is 5.91 Å². The third-order valence-corrected chi connectivity index (χ3v) is 3.70. The summed E-state index contributed by atoms with van der Waals surface area (Å²) in [6.07, 6.45) is 5.11. The molecule has 4 aromatic rings. The van der Waals surface area contributed by atoms with E-state index in [0.717, 1.165) is 11.3 Å². The highest BCUT2D eigenvalue weighted by Crippen LogP contribution is 2.21. The fourth-order valence-electron chi connectivity index (χ4n) is 2.53. The first-order chi connectivity index (χ1) is 12.0. The van der Waals surface area contributed by atoms with Crippen LogP contribution in [0.5, 0.6) is 0 Å². The van der Waals surface area contributed by atoms with E-state index in [2.05, 4.69) is 30.6 Å². The van der Waals surface area contributed by atoms with Crippen LogP contribution in [0, 0.1) is 6.92 Å². The second-order valence-corrected chi connectivity index (χ2v) is 5.60. The van der Waals surface area contributed by atoms with E-state index >= 15 is 0 Å². The van der Waals surface area contributed by atoms with E-state index in [4.69, 9.17) is 0 Å². The second kappa shape index (κ2) is 5.51. The van der Waals surface area contributed by atoms with Crippen molar-refractivity contribution in [1.82, 2.24) is 39.1 Å². The number of carbonyl (C=O) groups excluding carboxylic acids is 1. The first-order valence-electron chi connectivity index (χ1n) is 7.54. The molecule has 0 fully saturated rings. The van der Waals surface area contributed by atoms with E-state index < -0.39 is 0 Å². The van der Waals surface area contributed by atoms with Gasteiger partial charge in [-0.25, -0.2) is 4.98 Å². The Kier molecular flexibility index (Phi) is 3.31. The number of carbonyl (C=O) groups is 1. The van der Waals surface area contributed by atoms with Crippen molar-refractivity contribution >= 4 is 17.5 Å². The molecule has 10 heteroatoms. The number of anilines is 1. The summed E-state index contributed by atoms with van der Waals surface area (Å²) in [5.74, 6) is 1.17. The summed E-state index contributed by atoms with van der Waals surface area (Å²) in [4.78, 5) is 20.9. The molecule has 0 aliphatic carbocycles. The monoisotopic (exact) mass is 337 g/mol. The van der Waals surface area contributed by atoms with Gasteiger partial charge in [0.15, 0.2) is 0 Å². The van der Waals surface area contributed by atoms with Crippen molar-refractivity contribution in [1.29, 1.82) is 0 Å². The molecule has 0 saturated heterocycles. The van der Waals surface area contributed by atoms with Crippen LogP contribution in [0.3, 0.4) is 0 Å². The van der Waals surface area contributed by atoms with Crippen LogP contribution in [0.4, 0.5) is 5.82 Å². The molecule has 1 amide bonds. The quantitative estimate of drug-likeness (QED) is 0.593. The van der Waals surface area contributed by atoms with E-state index in [1.807, 2.05) is 13.2 Å². The summed E-state index contributed by atoms with van der Waals surface area (Å²) in [6, 6.07) is 3.38. The molecule has 0 bridgehead atoms. The predicted octanol–water partition coefficient (Wildman–Crippen LogP) is 0.819. The van der Waals surface area contributed by atoms with Crippen LogP contribution in [0.2, 0.25) is 0 Å². The molecule has 0 aliphatic rings. The van der Waals surface area contributed by atoms with Gasteiger partial charge in [-0.1, -0.05) is 0 Å². The lowest BCUT2D eigenvalue weighted by atomic mass is 10.2. The molecule has 4 heterocycles. The van der Waals surface area contributed by atoms with Crippen LogP contribution in [0.1, 0.15) is 16.3 Å². The molecule has 126 valence electrons. The van der Waals surface area contributed by atoms with Gasteiger partial charge in [0.05, 0.1) is 11.9 Å². The van der Waals surface area contributed by atoms with Gasteiger partial charge in [-0.3, -0.25) is 14.2 Å². The number of hydrogen-bond donors (Lipinski definition) is 1. The SMILES string of the molecule is Cc1nc2nccc(C(=O)Nc3cc(-c4cnn(C)c4)nn3C)n2n1. The van der Waals surface area contributed by atoms with Crippen molar-refractivity contribution in [3.05, 3.63) is 42.2 Å². The van der Waals surface area contributed by atoms with Gasteiger partial charge in [0.25, 0.3) is 11.7 Å². The molecule has 10 nitrogen and oxygen atoms in total. The first-order valence-corrected chi connectivity index (χ1v) is 7.54. The van der Waals surface area contributed by atoms with Crippen LogP contribution in [0.25, 0.3) is 17.0 Å². The Bertz CT molecular complexity index is 1090. The van der Waals surface area contributed by atoms with Gasteiger partial charge in [-0.2, -0.15) is 19.7 Å². The van der Waals surface area contributed by atoms with E-state index in [1.54, 1.807) is 41.7 Å². The Balaban J connectivity index is 1.65. The summed E-state index contributed by atoms with van der Waals surface area (Å²) in [5, 5.41) is 15.6. The number of aryl methyl sites for hydroxylation is 3. The van der Waals surface area contributed by atoms with Gasteiger partial charge in [-0.15, -0.1) is 5.10 Å². The summed E-state index contributed by atoms with van der Waals surface area (Å²) in [5.41, 5.74) is 1.94. The van der Waals surface area contributed by atoms with E-state index in [0.29, 0.717) is 23.1 Å². The second-order valence-electron chi connectivity index (χ2n) is 5.60. The molecule has 0 saturated carbocycles. The Morgan fingerprint density at radius 2 is 2.08 bits per heavy atom. The number of nitrogens with zero attached hydrogens (tertiary/aromatic N) is 8. The lowest BCUT2D eigenvalue weighted by molar-refractivity contribution is 0.101. The van der Waals surface area contributed by atoms with Gasteiger partial charge in [0.1, 0.15) is 17.3 Å². The highest BCUT2D eigenvalue weighted by molar-refractivity contribution is 6.03. The Hall–Kier alpha value is -3.56. The minimum atomic E-state index is -0.321. The number of aromatic nitrogens is 8. The van der Waals surface area contributed by atoms with Crippen LogP contribution < -0.4 is 5.32 Å². The fourth-order valence-corrected chi connectivity index (χ4v) is 2.53. The lowest BCUT2D eigenvalue weighted by Crippen LogP contribution is -2.18. The van der Waals surface area contributed by atoms with Crippen LogP contribution in [-0.4, -0.2) is 45.1 Å². The standard InChI is InChI=1S/C15H15N9O/c1-9-18-15-16-5-4-12(24(15)20-9)14(25)19-13-6-11(21-23(13)3)10-7-17-22(2)8-10/h4-8H,1-3H3,(H,19,25). The zero-order valence-corrected chi connectivity index (χ0v) is 13.9. The highest BCUT2D eigenvalue weighted by atomic mass is 16.2. The average molecular weight is 337 g/mol. The van der Waals surface area contributed by atoms with Crippen molar-refractivity contribution in [2.75, 3.05) is 5.32 Å². The molecule has 4 aromatic heterocycles. The molecule has 4 rings (SSSR count). The maximum absolute atomic E-state index is 12.7.